The maximum Gasteiger partial charge on any atom is 0.316 e. The molecule has 4 nitrogen and oxygen atoms in total. The molecule has 1 aliphatic rings. The van der Waals surface area contributed by atoms with Gasteiger partial charge in [0.1, 0.15) is 11.5 Å². The van der Waals surface area contributed by atoms with Gasteiger partial charge < -0.3 is 10.0 Å². The first kappa shape index (κ1) is 18.0. The van der Waals surface area contributed by atoms with E-state index in [0.717, 1.165) is 16.7 Å². The Labute approximate surface area is 164 Å². The van der Waals surface area contributed by atoms with Gasteiger partial charge in [0.25, 0.3) is 0 Å². The molecule has 3 aromatic carbocycles. The van der Waals surface area contributed by atoms with Crippen molar-refractivity contribution in [3.63, 3.8) is 0 Å². The molecule has 1 heterocycles. The molecule has 140 valence electrons. The number of nitrogens with zero attached hydrogens (tertiary/aromatic N) is 1. The highest BCUT2D eigenvalue weighted by Crippen LogP contribution is 2.45. The minimum atomic E-state index is -1.06. The predicted octanol–water partition coefficient (Wildman–Crippen LogP) is 3.91. The molecule has 1 fully saturated rings. The van der Waals surface area contributed by atoms with Crippen LogP contribution in [0, 0.1) is 5.92 Å². The minimum Gasteiger partial charge on any atom is -0.481 e. The second-order valence-corrected chi connectivity index (χ2v) is 6.98. The Morgan fingerprint density at radius 1 is 0.786 bits per heavy atom. The fraction of sp³-hybridized carbons (Fsp3) is 0.167. The first-order valence-corrected chi connectivity index (χ1v) is 9.36. The molecular weight excluding hydrogens is 350 g/mol. The molecule has 1 saturated heterocycles. The Morgan fingerprint density at radius 2 is 1.18 bits per heavy atom. The van der Waals surface area contributed by atoms with E-state index in [-0.39, 0.29) is 5.91 Å². The van der Waals surface area contributed by atoms with Crippen LogP contribution in [0.25, 0.3) is 0 Å². The molecule has 0 aliphatic carbocycles. The lowest BCUT2D eigenvalue weighted by Crippen LogP contribution is -2.50. The van der Waals surface area contributed by atoms with Crippen LogP contribution in [0.5, 0.6) is 0 Å². The summed E-state index contributed by atoms with van der Waals surface area (Å²) in [5, 5.41) is 9.53. The van der Waals surface area contributed by atoms with Gasteiger partial charge >= 0.3 is 5.97 Å². The van der Waals surface area contributed by atoms with E-state index in [2.05, 4.69) is 0 Å². The van der Waals surface area contributed by atoms with Crippen LogP contribution in [0.3, 0.4) is 0 Å². The Bertz CT molecular complexity index is 874. The van der Waals surface area contributed by atoms with Gasteiger partial charge in [-0.25, -0.2) is 0 Å². The Hall–Kier alpha value is -3.40. The number of carboxylic acid groups (broad SMARTS) is 1. The van der Waals surface area contributed by atoms with E-state index in [9.17, 15) is 14.7 Å². The van der Waals surface area contributed by atoms with Crippen molar-refractivity contribution in [3.8, 4) is 0 Å². The van der Waals surface area contributed by atoms with Gasteiger partial charge in [-0.2, -0.15) is 0 Å². The van der Waals surface area contributed by atoms with E-state index in [1.54, 1.807) is 4.90 Å². The molecule has 0 saturated carbocycles. The molecule has 3 aromatic rings. The van der Waals surface area contributed by atoms with Crippen LogP contribution in [0.2, 0.25) is 0 Å². The molecule has 0 aromatic heterocycles. The van der Waals surface area contributed by atoms with Crippen LogP contribution in [0.1, 0.15) is 23.1 Å². The number of aliphatic carboxylic acids is 1. The summed E-state index contributed by atoms with van der Waals surface area (Å²) in [7, 11) is 0. The van der Waals surface area contributed by atoms with Gasteiger partial charge in [0.15, 0.2) is 0 Å². The van der Waals surface area contributed by atoms with Crippen molar-refractivity contribution in [2.24, 2.45) is 5.92 Å². The zero-order valence-corrected chi connectivity index (χ0v) is 15.4. The largest absolute Gasteiger partial charge is 0.481 e. The summed E-state index contributed by atoms with van der Waals surface area (Å²) in [6.45, 7) is 0.383. The Morgan fingerprint density at radius 3 is 1.50 bits per heavy atom. The lowest BCUT2D eigenvalue weighted by Gasteiger charge is -2.43. The maximum absolute atomic E-state index is 13.3. The molecule has 1 amide bonds. The van der Waals surface area contributed by atoms with Gasteiger partial charge in [-0.15, -0.1) is 0 Å². The minimum absolute atomic E-state index is 0.308. The summed E-state index contributed by atoms with van der Waals surface area (Å²) in [5.74, 6) is -2.41. The average Bonchev–Trinajstić information content (AvgIpc) is 3.13. The molecule has 1 atom stereocenters. The van der Waals surface area contributed by atoms with Gasteiger partial charge in [0, 0.05) is 6.54 Å². The number of hydrogen-bond acceptors (Lipinski definition) is 2. The quantitative estimate of drug-likeness (QED) is 0.546. The van der Waals surface area contributed by atoms with E-state index in [1.807, 2.05) is 91.0 Å². The Kier molecular flexibility index (Phi) is 4.70. The molecule has 4 rings (SSSR count). The van der Waals surface area contributed by atoms with Gasteiger partial charge in [-0.05, 0) is 23.1 Å². The number of hydrogen-bond donors (Lipinski definition) is 1. The molecule has 1 aliphatic heterocycles. The van der Waals surface area contributed by atoms with Crippen LogP contribution < -0.4 is 0 Å². The summed E-state index contributed by atoms with van der Waals surface area (Å²) in [6.07, 6.45) is 0.308. The summed E-state index contributed by atoms with van der Waals surface area (Å²) < 4.78 is 0. The van der Waals surface area contributed by atoms with Gasteiger partial charge in [0.2, 0.25) is 5.91 Å². The van der Waals surface area contributed by atoms with Crippen LogP contribution >= 0.6 is 0 Å². The highest BCUT2D eigenvalue weighted by molar-refractivity contribution is 5.99. The monoisotopic (exact) mass is 371 g/mol. The van der Waals surface area contributed by atoms with Crippen LogP contribution in [0.4, 0.5) is 0 Å². The average molecular weight is 371 g/mol. The van der Waals surface area contributed by atoms with Crippen LogP contribution in [-0.2, 0) is 15.1 Å². The fourth-order valence-corrected chi connectivity index (χ4v) is 4.25. The number of amides is 1. The highest BCUT2D eigenvalue weighted by Gasteiger charge is 2.50. The van der Waals surface area contributed by atoms with Gasteiger partial charge in [0.05, 0.1) is 0 Å². The highest BCUT2D eigenvalue weighted by atomic mass is 16.4. The third kappa shape index (κ3) is 2.78. The maximum atomic E-state index is 13.3. The van der Waals surface area contributed by atoms with Crippen molar-refractivity contribution >= 4 is 11.9 Å². The number of carboxylic acids is 1. The van der Waals surface area contributed by atoms with Crippen LogP contribution in [-0.4, -0.2) is 28.4 Å². The van der Waals surface area contributed by atoms with E-state index < -0.39 is 17.4 Å². The second-order valence-electron chi connectivity index (χ2n) is 6.98. The van der Waals surface area contributed by atoms with Crippen molar-refractivity contribution in [1.82, 2.24) is 4.90 Å². The zero-order chi connectivity index (χ0) is 19.6. The first-order valence-electron chi connectivity index (χ1n) is 9.36. The number of carbonyl (C=O) groups excluding carboxylic acids is 1. The molecule has 4 heteroatoms. The van der Waals surface area contributed by atoms with E-state index >= 15 is 0 Å². The third-order valence-corrected chi connectivity index (χ3v) is 5.48. The summed E-state index contributed by atoms with van der Waals surface area (Å²) in [6, 6.07) is 29.5. The standard InChI is InChI=1S/C24H21NO3/c26-22-21(23(27)28)16-17-25(22)24(18-10-4-1-5-11-18,19-12-6-2-7-13-19)20-14-8-3-9-15-20/h1-15,21H,16-17H2,(H,27,28). The Balaban J connectivity index is 2.03. The lowest BCUT2D eigenvalue weighted by molar-refractivity contribution is -0.148. The van der Waals surface area contributed by atoms with Crippen molar-refractivity contribution in [1.29, 1.82) is 0 Å². The number of rotatable bonds is 5. The van der Waals surface area contributed by atoms with Crippen molar-refractivity contribution in [2.45, 2.75) is 12.0 Å². The normalized spacial score (nSPS) is 16.9. The first-order chi connectivity index (χ1) is 13.7. The topological polar surface area (TPSA) is 57.6 Å². The van der Waals surface area contributed by atoms with Crippen LogP contribution in [0.15, 0.2) is 91.0 Å². The molecule has 1 unspecified atom stereocenters. The number of likely N-dealkylation sites (tertiary alicyclic amines) is 1. The van der Waals surface area contributed by atoms with E-state index in [0.29, 0.717) is 13.0 Å². The van der Waals surface area contributed by atoms with Crippen molar-refractivity contribution in [2.75, 3.05) is 6.54 Å². The lowest BCUT2D eigenvalue weighted by atomic mass is 9.75. The van der Waals surface area contributed by atoms with Crippen molar-refractivity contribution < 1.29 is 14.7 Å². The SMILES string of the molecule is O=C(O)C1CCN(C(c2ccccc2)(c2ccccc2)c2ccccc2)C1=O. The summed E-state index contributed by atoms with van der Waals surface area (Å²) in [4.78, 5) is 26.6. The van der Waals surface area contributed by atoms with Gasteiger partial charge in [-0.3, -0.25) is 9.59 Å². The number of carbonyl (C=O) groups is 2. The second kappa shape index (κ2) is 7.31. The molecular formula is C24H21NO3. The molecule has 0 radical (unpaired) electrons. The third-order valence-electron chi connectivity index (χ3n) is 5.48. The molecule has 28 heavy (non-hydrogen) atoms. The van der Waals surface area contributed by atoms with E-state index in [4.69, 9.17) is 0 Å². The van der Waals surface area contributed by atoms with Crippen molar-refractivity contribution in [3.05, 3.63) is 108 Å². The summed E-state index contributed by atoms with van der Waals surface area (Å²) in [5.41, 5.74) is 1.93. The summed E-state index contributed by atoms with van der Waals surface area (Å²) >= 11 is 0. The zero-order valence-electron chi connectivity index (χ0n) is 15.4. The number of benzene rings is 3. The predicted molar refractivity (Wildman–Crippen MR) is 107 cm³/mol. The fourth-order valence-electron chi connectivity index (χ4n) is 4.25. The molecule has 0 spiro atoms. The molecule has 0 bridgehead atoms. The smallest absolute Gasteiger partial charge is 0.316 e. The molecule has 1 N–H and O–H groups in total. The van der Waals surface area contributed by atoms with E-state index in [1.165, 1.54) is 0 Å². The van der Waals surface area contributed by atoms with Gasteiger partial charge in [-0.1, -0.05) is 91.0 Å².